The summed E-state index contributed by atoms with van der Waals surface area (Å²) in [6.07, 6.45) is 5.38. The van der Waals surface area contributed by atoms with Gasteiger partial charge in [0.1, 0.15) is 0 Å². The molecule has 1 atom stereocenters. The van der Waals surface area contributed by atoms with Crippen LogP contribution in [0.3, 0.4) is 0 Å². The van der Waals surface area contributed by atoms with E-state index >= 15 is 0 Å². The number of allylic oxidation sites excluding steroid dienone is 1. The Labute approximate surface area is 154 Å². The van der Waals surface area contributed by atoms with Crippen LogP contribution in [-0.4, -0.2) is 18.3 Å². The van der Waals surface area contributed by atoms with Crippen LogP contribution in [-0.2, 0) is 6.42 Å². The number of halogens is 1. The number of anilines is 1. The number of nitrogens with two attached hydrogens (primary N) is 1. The molecule has 0 amide bonds. The van der Waals surface area contributed by atoms with Crippen molar-refractivity contribution in [1.29, 1.82) is 0 Å². The molecule has 1 aromatic carbocycles. The molecule has 0 aliphatic heterocycles. The van der Waals surface area contributed by atoms with E-state index in [2.05, 4.69) is 23.5 Å². The Morgan fingerprint density at radius 1 is 1.40 bits per heavy atom. The fourth-order valence-electron chi connectivity index (χ4n) is 2.35. The highest BCUT2D eigenvalue weighted by molar-refractivity contribution is 6.34. The Balaban J connectivity index is 1.97. The molecule has 1 unspecified atom stereocenters. The second-order valence-electron chi connectivity index (χ2n) is 6.10. The van der Waals surface area contributed by atoms with Crippen LogP contribution < -0.4 is 10.5 Å². The molecule has 0 bridgehead atoms. The van der Waals surface area contributed by atoms with E-state index in [-0.39, 0.29) is 5.92 Å². The lowest BCUT2D eigenvalue weighted by molar-refractivity contribution is 0.397. The van der Waals surface area contributed by atoms with Gasteiger partial charge in [-0.2, -0.15) is 0 Å². The minimum atomic E-state index is 0.239. The average molecular weight is 358 g/mol. The van der Waals surface area contributed by atoms with Crippen molar-refractivity contribution in [2.45, 2.75) is 26.7 Å². The summed E-state index contributed by atoms with van der Waals surface area (Å²) in [6, 6.07) is 7.63. The van der Waals surface area contributed by atoms with Gasteiger partial charge in [0.25, 0.3) is 0 Å². The van der Waals surface area contributed by atoms with Crippen molar-refractivity contribution in [3.8, 4) is 5.88 Å². The van der Waals surface area contributed by atoms with Crippen LogP contribution in [0.15, 0.2) is 47.7 Å². The molecule has 132 valence electrons. The first-order valence-electron chi connectivity index (χ1n) is 8.18. The number of rotatable bonds is 7. The van der Waals surface area contributed by atoms with E-state index in [1.54, 1.807) is 13.3 Å². The third-order valence-corrected chi connectivity index (χ3v) is 4.71. The monoisotopic (exact) mass is 357 g/mol. The van der Waals surface area contributed by atoms with E-state index in [0.29, 0.717) is 16.6 Å². The highest BCUT2D eigenvalue weighted by Crippen LogP contribution is 2.25. The van der Waals surface area contributed by atoms with Gasteiger partial charge in [0.2, 0.25) is 5.88 Å². The van der Waals surface area contributed by atoms with Crippen LogP contribution in [0.1, 0.15) is 30.0 Å². The Bertz CT molecular complexity index is 769. The Hall–Kier alpha value is -2.33. The van der Waals surface area contributed by atoms with Gasteiger partial charge < -0.3 is 10.5 Å². The Morgan fingerprint density at radius 2 is 2.16 bits per heavy atom. The smallest absolute Gasteiger partial charge is 0.212 e. The number of pyridine rings is 1. The topological polar surface area (TPSA) is 60.5 Å². The van der Waals surface area contributed by atoms with Gasteiger partial charge in [-0.3, -0.25) is 4.99 Å². The molecule has 0 aliphatic rings. The Morgan fingerprint density at radius 3 is 2.80 bits per heavy atom. The van der Waals surface area contributed by atoms with Crippen molar-refractivity contribution >= 4 is 23.5 Å². The summed E-state index contributed by atoms with van der Waals surface area (Å²) in [5, 5.41) is 0.633. The van der Waals surface area contributed by atoms with Crippen LogP contribution in [0.25, 0.3) is 0 Å². The maximum absolute atomic E-state index is 6.31. The molecule has 0 aliphatic carbocycles. The minimum Gasteiger partial charge on any atom is -0.481 e. The average Bonchev–Trinajstić information content (AvgIpc) is 2.63. The van der Waals surface area contributed by atoms with Crippen molar-refractivity contribution in [1.82, 2.24) is 4.98 Å². The van der Waals surface area contributed by atoms with Crippen molar-refractivity contribution in [3.05, 3.63) is 64.5 Å². The molecule has 25 heavy (non-hydrogen) atoms. The molecule has 2 rings (SSSR count). The number of ether oxygens (including phenoxy) is 1. The van der Waals surface area contributed by atoms with E-state index in [9.17, 15) is 0 Å². The zero-order valence-corrected chi connectivity index (χ0v) is 15.7. The highest BCUT2D eigenvalue weighted by Gasteiger charge is 2.09. The molecule has 5 heteroatoms. The van der Waals surface area contributed by atoms with Gasteiger partial charge in [-0.05, 0) is 42.9 Å². The van der Waals surface area contributed by atoms with Gasteiger partial charge in [0.15, 0.2) is 0 Å². The molecule has 0 fully saturated rings. The first-order chi connectivity index (χ1) is 11.9. The second kappa shape index (κ2) is 8.67. The number of benzene rings is 1. The van der Waals surface area contributed by atoms with Crippen LogP contribution in [0.4, 0.5) is 5.69 Å². The molecule has 0 radical (unpaired) electrons. The quantitative estimate of drug-likeness (QED) is 0.570. The van der Waals surface area contributed by atoms with Gasteiger partial charge in [0.05, 0.1) is 12.1 Å². The molecule has 1 heterocycles. The van der Waals surface area contributed by atoms with E-state index in [1.165, 1.54) is 0 Å². The molecular weight excluding hydrogens is 334 g/mol. The lowest BCUT2D eigenvalue weighted by Crippen LogP contribution is -2.01. The number of aliphatic imine (C=N–C) groups is 1. The number of hydrogen-bond acceptors (Lipinski definition) is 4. The summed E-state index contributed by atoms with van der Waals surface area (Å²) >= 11 is 6.31. The maximum atomic E-state index is 6.31. The summed E-state index contributed by atoms with van der Waals surface area (Å²) in [6.45, 7) is 8.13. The number of aryl methyl sites for hydroxylation is 2. The third-order valence-electron chi connectivity index (χ3n) is 4.21. The molecule has 0 saturated carbocycles. The first-order valence-corrected chi connectivity index (χ1v) is 8.56. The van der Waals surface area contributed by atoms with Gasteiger partial charge in [0, 0.05) is 35.4 Å². The second-order valence-corrected chi connectivity index (χ2v) is 6.48. The fourth-order valence-corrected chi connectivity index (χ4v) is 2.57. The number of nitrogens with zero attached hydrogens (tertiary/aromatic N) is 2. The summed E-state index contributed by atoms with van der Waals surface area (Å²) in [4.78, 5) is 8.70. The largest absolute Gasteiger partial charge is 0.481 e. The van der Waals surface area contributed by atoms with Gasteiger partial charge >= 0.3 is 0 Å². The first kappa shape index (κ1) is 19.0. The molecule has 2 aromatic rings. The van der Waals surface area contributed by atoms with Gasteiger partial charge in [-0.25, -0.2) is 4.98 Å². The zero-order chi connectivity index (χ0) is 18.4. The maximum Gasteiger partial charge on any atom is 0.212 e. The molecular formula is C20H24ClN3O. The van der Waals surface area contributed by atoms with Crippen molar-refractivity contribution in [2.24, 2.45) is 10.9 Å². The Kier molecular flexibility index (Phi) is 6.59. The van der Waals surface area contributed by atoms with Crippen molar-refractivity contribution in [2.75, 3.05) is 12.8 Å². The third kappa shape index (κ3) is 5.07. The normalized spacial score (nSPS) is 12.3. The van der Waals surface area contributed by atoms with Crippen LogP contribution in [0.2, 0.25) is 5.02 Å². The van der Waals surface area contributed by atoms with Crippen LogP contribution in [0, 0.1) is 12.8 Å². The fraction of sp³-hybridized carbons (Fsp3) is 0.300. The standard InChI is InChI=1S/C20H24ClN3O/c1-13(5-7-16-8-10-19(25-4)24-11-16)15(3)23-12-17-18(22)9-6-14(2)20(17)21/h6,8-13H,3,5,7,22H2,1-2,4H3/b23-12-. The predicted molar refractivity (Wildman–Crippen MR) is 106 cm³/mol. The SMILES string of the molecule is C=C(/N=C\c1c(N)ccc(C)c1Cl)C(C)CCc1ccc(OC)nc1. The summed E-state index contributed by atoms with van der Waals surface area (Å²) < 4.78 is 5.07. The van der Waals surface area contributed by atoms with Crippen molar-refractivity contribution < 1.29 is 4.74 Å². The van der Waals surface area contributed by atoms with E-state index in [0.717, 1.165) is 35.2 Å². The molecule has 0 saturated heterocycles. The summed E-state index contributed by atoms with van der Waals surface area (Å²) in [7, 11) is 1.61. The minimum absolute atomic E-state index is 0.239. The summed E-state index contributed by atoms with van der Waals surface area (Å²) in [5.41, 5.74) is 10.3. The van der Waals surface area contributed by atoms with Crippen LogP contribution in [0.5, 0.6) is 5.88 Å². The molecule has 2 N–H and O–H groups in total. The number of hydrogen-bond donors (Lipinski definition) is 1. The number of nitrogen functional groups attached to an aromatic ring is 1. The molecule has 0 spiro atoms. The van der Waals surface area contributed by atoms with E-state index < -0.39 is 0 Å². The highest BCUT2D eigenvalue weighted by atomic mass is 35.5. The van der Waals surface area contributed by atoms with Crippen molar-refractivity contribution in [3.63, 3.8) is 0 Å². The van der Waals surface area contributed by atoms with E-state index in [4.69, 9.17) is 22.1 Å². The van der Waals surface area contributed by atoms with E-state index in [1.807, 2.05) is 37.4 Å². The lowest BCUT2D eigenvalue weighted by Gasteiger charge is -2.12. The van der Waals surface area contributed by atoms with Gasteiger partial charge in [-0.15, -0.1) is 0 Å². The van der Waals surface area contributed by atoms with Crippen LogP contribution >= 0.6 is 11.6 Å². The number of methoxy groups -OCH3 is 1. The van der Waals surface area contributed by atoms with Gasteiger partial charge in [-0.1, -0.05) is 37.2 Å². The molecule has 1 aromatic heterocycles. The lowest BCUT2D eigenvalue weighted by atomic mass is 10.00. The predicted octanol–water partition coefficient (Wildman–Crippen LogP) is 4.84. The summed E-state index contributed by atoms with van der Waals surface area (Å²) in [5.74, 6) is 0.863. The molecule has 4 nitrogen and oxygen atoms in total. The zero-order valence-electron chi connectivity index (χ0n) is 14.9. The number of aromatic nitrogens is 1.